The number of hydrogen-bond donors (Lipinski definition) is 0. The maximum Gasteiger partial charge on any atom is 0.0923 e. The molecule has 0 N–H and O–H groups in total. The lowest BCUT2D eigenvalue weighted by Crippen LogP contribution is -2.32. The van der Waals surface area contributed by atoms with Gasteiger partial charge in [0.25, 0.3) is 0 Å². The van der Waals surface area contributed by atoms with Crippen molar-refractivity contribution in [2.75, 3.05) is 21.1 Å². The Kier molecular flexibility index (Phi) is 15.1. The first-order valence-corrected chi connectivity index (χ1v) is 10.2. The Morgan fingerprint density at radius 1 is 0.750 bits per heavy atom. The molecule has 3 nitrogen and oxygen atoms in total. The standard InChI is InChI=1S/C21H42N2O/c1-5-6-7-8-9-10-11-12-13-14-15-16-17-18-19-20-21(24)22-23(2,3)4/h12-13H,5-11,14-20H2,1-4H3/b13-12-. The Morgan fingerprint density at radius 2 is 1.21 bits per heavy atom. The van der Waals surface area contributed by atoms with Gasteiger partial charge in [-0.1, -0.05) is 70.4 Å². The zero-order valence-corrected chi connectivity index (χ0v) is 16.9. The van der Waals surface area contributed by atoms with E-state index in [2.05, 4.69) is 24.2 Å². The fourth-order valence-corrected chi connectivity index (χ4v) is 2.73. The van der Waals surface area contributed by atoms with Gasteiger partial charge in [-0.2, -0.15) is 0 Å². The smallest absolute Gasteiger partial charge is 0.0923 e. The monoisotopic (exact) mass is 338 g/mol. The first kappa shape index (κ1) is 23.2. The largest absolute Gasteiger partial charge is 0.858 e. The zero-order valence-electron chi connectivity index (χ0n) is 16.9. The first-order valence-electron chi connectivity index (χ1n) is 10.2. The molecule has 0 aromatic rings. The van der Waals surface area contributed by atoms with Crippen LogP contribution in [0.25, 0.3) is 0 Å². The summed E-state index contributed by atoms with van der Waals surface area (Å²) in [4.78, 5) is 0. The minimum atomic E-state index is 0.0418. The Morgan fingerprint density at radius 3 is 1.71 bits per heavy atom. The highest BCUT2D eigenvalue weighted by Gasteiger charge is 2.02. The molecule has 0 amide bonds. The van der Waals surface area contributed by atoms with Gasteiger partial charge in [0.2, 0.25) is 0 Å². The summed E-state index contributed by atoms with van der Waals surface area (Å²) in [6.07, 6.45) is 22.0. The Bertz CT molecular complexity index is 329. The highest BCUT2D eigenvalue weighted by atomic mass is 16.3. The number of rotatable bonds is 16. The van der Waals surface area contributed by atoms with E-state index in [1.54, 1.807) is 0 Å². The lowest BCUT2D eigenvalue weighted by Gasteiger charge is -2.20. The lowest BCUT2D eigenvalue weighted by atomic mass is 10.1. The molecule has 0 saturated carbocycles. The van der Waals surface area contributed by atoms with E-state index < -0.39 is 0 Å². The van der Waals surface area contributed by atoms with Crippen LogP contribution in [-0.2, 0) is 0 Å². The molecule has 0 aliphatic carbocycles. The summed E-state index contributed by atoms with van der Waals surface area (Å²) < 4.78 is 0.379. The minimum Gasteiger partial charge on any atom is -0.858 e. The van der Waals surface area contributed by atoms with Crippen molar-refractivity contribution in [2.24, 2.45) is 5.10 Å². The molecule has 0 saturated heterocycles. The highest BCUT2D eigenvalue weighted by Crippen LogP contribution is 2.10. The molecule has 142 valence electrons. The molecule has 0 aromatic carbocycles. The van der Waals surface area contributed by atoms with Gasteiger partial charge in [0.05, 0.1) is 21.1 Å². The molecule has 0 spiro atoms. The second-order valence-corrected chi connectivity index (χ2v) is 7.77. The number of allylic oxidation sites excluding steroid dienone is 2. The number of hydrogen-bond acceptors (Lipinski definition) is 2. The summed E-state index contributed by atoms with van der Waals surface area (Å²) >= 11 is 0. The molecule has 3 heteroatoms. The zero-order chi connectivity index (χ0) is 18.1. The molecule has 0 atom stereocenters. The predicted octanol–water partition coefficient (Wildman–Crippen LogP) is 5.40. The molecule has 0 aliphatic heterocycles. The van der Waals surface area contributed by atoms with Gasteiger partial charge >= 0.3 is 0 Å². The molecule has 0 heterocycles. The van der Waals surface area contributed by atoms with Crippen molar-refractivity contribution in [1.82, 2.24) is 0 Å². The van der Waals surface area contributed by atoms with Gasteiger partial charge in [-0.15, -0.1) is 5.10 Å². The molecule has 0 aliphatic rings. The van der Waals surface area contributed by atoms with Gasteiger partial charge in [-0.3, -0.25) is 0 Å². The van der Waals surface area contributed by atoms with Crippen molar-refractivity contribution >= 4 is 5.90 Å². The molecule has 24 heavy (non-hydrogen) atoms. The summed E-state index contributed by atoms with van der Waals surface area (Å²) in [5.41, 5.74) is 0. The molecule has 0 radical (unpaired) electrons. The van der Waals surface area contributed by atoms with E-state index in [1.807, 2.05) is 21.1 Å². The Labute approximate surface area is 151 Å². The number of unbranched alkanes of at least 4 members (excludes halogenated alkanes) is 11. The van der Waals surface area contributed by atoms with Crippen LogP contribution in [0.15, 0.2) is 17.3 Å². The Balaban J connectivity index is 3.30. The molecule has 0 aromatic heterocycles. The van der Waals surface area contributed by atoms with Crippen LogP contribution in [0.5, 0.6) is 0 Å². The SMILES string of the molecule is CCCCCCCC/C=C\CCCCCCC/C([O-])=N/[N+](C)(C)C. The summed E-state index contributed by atoms with van der Waals surface area (Å²) in [5.74, 6) is 0.0418. The third-order valence-corrected chi connectivity index (χ3v) is 4.06. The fourth-order valence-electron chi connectivity index (χ4n) is 2.73. The van der Waals surface area contributed by atoms with E-state index in [-0.39, 0.29) is 5.90 Å². The Hall–Kier alpha value is -0.830. The van der Waals surface area contributed by atoms with Crippen LogP contribution < -0.4 is 5.11 Å². The average Bonchev–Trinajstić information content (AvgIpc) is 2.49. The van der Waals surface area contributed by atoms with E-state index in [9.17, 15) is 5.11 Å². The minimum absolute atomic E-state index is 0.0418. The molecule has 0 fully saturated rings. The predicted molar refractivity (Wildman–Crippen MR) is 105 cm³/mol. The maximum atomic E-state index is 11.6. The van der Waals surface area contributed by atoms with E-state index >= 15 is 0 Å². The van der Waals surface area contributed by atoms with Crippen molar-refractivity contribution in [3.05, 3.63) is 12.2 Å². The normalized spacial score (nSPS) is 13.1. The molecule has 0 rings (SSSR count). The van der Waals surface area contributed by atoms with Gasteiger partial charge in [-0.05, 0) is 38.5 Å². The van der Waals surface area contributed by atoms with Gasteiger partial charge in [0.1, 0.15) is 0 Å². The van der Waals surface area contributed by atoms with Gasteiger partial charge in [-0.25, -0.2) is 4.59 Å². The van der Waals surface area contributed by atoms with Gasteiger partial charge < -0.3 is 5.11 Å². The number of quaternary nitrogens is 1. The summed E-state index contributed by atoms with van der Waals surface area (Å²) in [5, 5.41) is 15.7. The van der Waals surface area contributed by atoms with Crippen LogP contribution in [0.1, 0.15) is 96.8 Å². The third kappa shape index (κ3) is 19.2. The summed E-state index contributed by atoms with van der Waals surface area (Å²) in [6.45, 7) is 2.27. The van der Waals surface area contributed by atoms with E-state index in [4.69, 9.17) is 0 Å². The van der Waals surface area contributed by atoms with Crippen molar-refractivity contribution in [3.8, 4) is 0 Å². The van der Waals surface area contributed by atoms with Crippen LogP contribution in [-0.4, -0.2) is 31.6 Å². The highest BCUT2D eigenvalue weighted by molar-refractivity contribution is 5.70. The van der Waals surface area contributed by atoms with Gasteiger partial charge in [0, 0.05) is 5.90 Å². The second kappa shape index (κ2) is 15.7. The second-order valence-electron chi connectivity index (χ2n) is 7.77. The van der Waals surface area contributed by atoms with Crippen LogP contribution >= 0.6 is 0 Å². The van der Waals surface area contributed by atoms with Crippen molar-refractivity contribution in [1.29, 1.82) is 0 Å². The number of nitrogens with zero attached hydrogens (tertiary/aromatic N) is 2. The molecular formula is C21H42N2O. The van der Waals surface area contributed by atoms with E-state index in [0.29, 0.717) is 11.0 Å². The van der Waals surface area contributed by atoms with Crippen molar-refractivity contribution in [2.45, 2.75) is 96.8 Å². The topological polar surface area (TPSA) is 35.4 Å². The van der Waals surface area contributed by atoms with E-state index in [1.165, 1.54) is 70.6 Å². The van der Waals surface area contributed by atoms with Crippen molar-refractivity contribution in [3.63, 3.8) is 0 Å². The maximum absolute atomic E-state index is 11.6. The van der Waals surface area contributed by atoms with Crippen LogP contribution in [0.3, 0.4) is 0 Å². The van der Waals surface area contributed by atoms with Gasteiger partial charge in [0.15, 0.2) is 0 Å². The van der Waals surface area contributed by atoms with E-state index in [0.717, 1.165) is 12.8 Å². The summed E-state index contributed by atoms with van der Waals surface area (Å²) in [7, 11) is 5.74. The lowest BCUT2D eigenvalue weighted by molar-refractivity contribution is -0.878. The summed E-state index contributed by atoms with van der Waals surface area (Å²) in [6, 6.07) is 0. The average molecular weight is 339 g/mol. The van der Waals surface area contributed by atoms with Crippen LogP contribution in [0.2, 0.25) is 0 Å². The first-order chi connectivity index (χ1) is 11.5. The quantitative estimate of drug-likeness (QED) is 0.0926. The molecule has 0 bridgehead atoms. The third-order valence-electron chi connectivity index (χ3n) is 4.06. The fraction of sp³-hybridized carbons (Fsp3) is 0.857. The van der Waals surface area contributed by atoms with Crippen LogP contribution in [0.4, 0.5) is 0 Å². The molecular weight excluding hydrogens is 296 g/mol. The van der Waals surface area contributed by atoms with Crippen LogP contribution in [0, 0.1) is 0 Å². The molecule has 0 unspecified atom stereocenters. The van der Waals surface area contributed by atoms with Crippen molar-refractivity contribution < 1.29 is 9.70 Å².